The van der Waals surface area contributed by atoms with Crippen molar-refractivity contribution in [1.29, 1.82) is 5.26 Å². The van der Waals surface area contributed by atoms with Crippen LogP contribution in [0, 0.1) is 17.2 Å². The highest BCUT2D eigenvalue weighted by Crippen LogP contribution is 2.18. The highest BCUT2D eigenvalue weighted by Gasteiger charge is 2.18. The van der Waals surface area contributed by atoms with E-state index in [9.17, 15) is 0 Å². The topological polar surface area (TPSA) is 53.6 Å². The summed E-state index contributed by atoms with van der Waals surface area (Å²) in [5, 5.41) is 14.2. The summed E-state index contributed by atoms with van der Waals surface area (Å²) in [6, 6.07) is 4.13. The third-order valence-corrected chi connectivity index (χ3v) is 4.48. The van der Waals surface area contributed by atoms with Crippen LogP contribution >= 0.6 is 11.3 Å². The number of rotatable bonds is 4. The Morgan fingerprint density at radius 2 is 2.53 bits per heavy atom. The molecule has 0 amide bonds. The number of aromatic nitrogens is 2. The molecule has 0 fully saturated rings. The Labute approximate surface area is 116 Å². The quantitative estimate of drug-likeness (QED) is 0.928. The van der Waals surface area contributed by atoms with Gasteiger partial charge in [-0.05, 0) is 18.4 Å². The highest BCUT2D eigenvalue weighted by atomic mass is 32.1. The van der Waals surface area contributed by atoms with Gasteiger partial charge in [0.15, 0.2) is 0 Å². The summed E-state index contributed by atoms with van der Waals surface area (Å²) < 4.78 is 2.26. The minimum Gasteiger partial charge on any atom is -0.335 e. The molecule has 5 heteroatoms. The summed E-state index contributed by atoms with van der Waals surface area (Å²) >= 11 is 1.65. The molecule has 0 unspecified atom stereocenters. The average Bonchev–Trinajstić information content (AvgIpc) is 3.06. The molecule has 0 aromatic carbocycles. The zero-order valence-electron chi connectivity index (χ0n) is 10.7. The van der Waals surface area contributed by atoms with Gasteiger partial charge in [0.2, 0.25) is 0 Å². The fourth-order valence-electron chi connectivity index (χ4n) is 2.54. The van der Waals surface area contributed by atoms with Crippen molar-refractivity contribution in [2.75, 3.05) is 6.54 Å². The number of hydrogen-bond acceptors (Lipinski definition) is 4. The average molecular weight is 272 g/mol. The van der Waals surface area contributed by atoms with E-state index in [-0.39, 0.29) is 0 Å². The standard InChI is InChI=1S/C14H16N4S/c15-6-12-5-13(19-10-12)8-16-7-11-1-2-14-17-3-4-18(14)9-11/h3-5,10-11,16H,1-2,7-9H2/t11-/m0/s1. The van der Waals surface area contributed by atoms with Crippen LogP contribution in [0.15, 0.2) is 23.8 Å². The lowest BCUT2D eigenvalue weighted by Gasteiger charge is -2.23. The van der Waals surface area contributed by atoms with Gasteiger partial charge in [-0.2, -0.15) is 5.26 Å². The van der Waals surface area contributed by atoms with E-state index < -0.39 is 0 Å². The van der Waals surface area contributed by atoms with Crippen LogP contribution in [-0.2, 0) is 19.5 Å². The van der Waals surface area contributed by atoms with Crippen LogP contribution in [0.25, 0.3) is 0 Å². The molecule has 1 aliphatic rings. The predicted molar refractivity (Wildman–Crippen MR) is 74.8 cm³/mol. The molecule has 0 spiro atoms. The van der Waals surface area contributed by atoms with Crippen molar-refractivity contribution in [3.05, 3.63) is 40.1 Å². The van der Waals surface area contributed by atoms with Gasteiger partial charge in [0.1, 0.15) is 11.9 Å². The van der Waals surface area contributed by atoms with E-state index >= 15 is 0 Å². The first-order valence-electron chi connectivity index (χ1n) is 6.53. The number of imidazole rings is 1. The van der Waals surface area contributed by atoms with E-state index in [1.807, 2.05) is 17.6 Å². The van der Waals surface area contributed by atoms with Crippen molar-refractivity contribution in [1.82, 2.24) is 14.9 Å². The van der Waals surface area contributed by atoms with Crippen LogP contribution in [0.5, 0.6) is 0 Å². The smallest absolute Gasteiger partial charge is 0.108 e. The summed E-state index contributed by atoms with van der Waals surface area (Å²) in [7, 11) is 0. The van der Waals surface area contributed by atoms with Gasteiger partial charge in [-0.25, -0.2) is 4.98 Å². The van der Waals surface area contributed by atoms with E-state index in [4.69, 9.17) is 5.26 Å². The molecule has 2 aromatic rings. The SMILES string of the molecule is N#Cc1csc(CNC[C@@H]2CCc3nccn3C2)c1. The van der Waals surface area contributed by atoms with Gasteiger partial charge in [-0.1, -0.05) is 0 Å². The molecule has 3 rings (SSSR count). The zero-order chi connectivity index (χ0) is 13.1. The Hall–Kier alpha value is -1.64. The van der Waals surface area contributed by atoms with Gasteiger partial charge in [0.05, 0.1) is 5.56 Å². The number of hydrogen-bond donors (Lipinski definition) is 1. The predicted octanol–water partition coefficient (Wildman–Crippen LogP) is 2.17. The molecular formula is C14H16N4S. The first kappa shape index (κ1) is 12.4. The summed E-state index contributed by atoms with van der Waals surface area (Å²) in [6.45, 7) is 2.95. The second-order valence-electron chi connectivity index (χ2n) is 4.94. The third-order valence-electron chi connectivity index (χ3n) is 3.55. The Bertz CT molecular complexity index is 593. The summed E-state index contributed by atoms with van der Waals surface area (Å²) in [5.41, 5.74) is 0.766. The second kappa shape index (κ2) is 5.55. The fraction of sp³-hybridized carbons (Fsp3) is 0.429. The molecule has 0 saturated carbocycles. The zero-order valence-corrected chi connectivity index (χ0v) is 11.5. The molecule has 98 valence electrons. The Kier molecular flexibility index (Phi) is 3.62. The maximum absolute atomic E-state index is 8.78. The van der Waals surface area contributed by atoms with Crippen LogP contribution in [0.2, 0.25) is 0 Å². The van der Waals surface area contributed by atoms with Crippen molar-refractivity contribution >= 4 is 11.3 Å². The molecule has 1 aliphatic heterocycles. The van der Waals surface area contributed by atoms with Crippen LogP contribution in [-0.4, -0.2) is 16.1 Å². The molecule has 0 bridgehead atoms. The summed E-state index contributed by atoms with van der Waals surface area (Å²) in [4.78, 5) is 5.58. The number of aryl methyl sites for hydroxylation is 1. The number of fused-ring (bicyclic) bond motifs is 1. The van der Waals surface area contributed by atoms with E-state index in [0.717, 1.165) is 31.6 Å². The molecule has 3 heterocycles. The summed E-state index contributed by atoms with van der Waals surface area (Å²) in [6.07, 6.45) is 6.25. The number of nitrogens with zero attached hydrogens (tertiary/aromatic N) is 3. The first-order valence-corrected chi connectivity index (χ1v) is 7.41. The maximum atomic E-state index is 8.78. The first-order chi connectivity index (χ1) is 9.35. The van der Waals surface area contributed by atoms with Crippen molar-refractivity contribution in [2.45, 2.75) is 25.9 Å². The number of nitrogens with one attached hydrogen (secondary N) is 1. The van der Waals surface area contributed by atoms with Crippen molar-refractivity contribution < 1.29 is 0 Å². The van der Waals surface area contributed by atoms with E-state index in [0.29, 0.717) is 5.92 Å². The monoisotopic (exact) mass is 272 g/mol. The van der Waals surface area contributed by atoms with Gasteiger partial charge in [0.25, 0.3) is 0 Å². The Morgan fingerprint density at radius 3 is 3.37 bits per heavy atom. The molecule has 0 radical (unpaired) electrons. The highest BCUT2D eigenvalue weighted by molar-refractivity contribution is 7.10. The molecule has 19 heavy (non-hydrogen) atoms. The van der Waals surface area contributed by atoms with Gasteiger partial charge < -0.3 is 9.88 Å². The lowest BCUT2D eigenvalue weighted by Crippen LogP contribution is -2.29. The lowest BCUT2D eigenvalue weighted by atomic mass is 9.99. The Balaban J connectivity index is 1.47. The molecule has 0 aliphatic carbocycles. The van der Waals surface area contributed by atoms with Gasteiger partial charge >= 0.3 is 0 Å². The Morgan fingerprint density at radius 1 is 1.58 bits per heavy atom. The van der Waals surface area contributed by atoms with E-state index in [1.165, 1.54) is 17.1 Å². The molecular weight excluding hydrogens is 256 g/mol. The molecule has 2 aromatic heterocycles. The molecule has 0 saturated heterocycles. The minimum absolute atomic E-state index is 0.678. The number of nitriles is 1. The summed E-state index contributed by atoms with van der Waals surface area (Å²) in [5.74, 6) is 1.89. The number of thiophene rings is 1. The second-order valence-corrected chi connectivity index (χ2v) is 5.94. The lowest BCUT2D eigenvalue weighted by molar-refractivity contribution is 0.348. The van der Waals surface area contributed by atoms with Crippen LogP contribution in [0.3, 0.4) is 0 Å². The molecule has 1 atom stereocenters. The van der Waals surface area contributed by atoms with E-state index in [1.54, 1.807) is 11.3 Å². The third kappa shape index (κ3) is 2.86. The normalized spacial score (nSPS) is 17.9. The fourth-order valence-corrected chi connectivity index (χ4v) is 3.31. The largest absolute Gasteiger partial charge is 0.335 e. The van der Waals surface area contributed by atoms with Gasteiger partial charge in [-0.3, -0.25) is 0 Å². The molecule has 4 nitrogen and oxygen atoms in total. The van der Waals surface area contributed by atoms with Crippen molar-refractivity contribution in [3.8, 4) is 6.07 Å². The maximum Gasteiger partial charge on any atom is 0.108 e. The molecule has 1 N–H and O–H groups in total. The van der Waals surface area contributed by atoms with Gasteiger partial charge in [-0.15, -0.1) is 11.3 Å². The van der Waals surface area contributed by atoms with Crippen molar-refractivity contribution in [3.63, 3.8) is 0 Å². The minimum atomic E-state index is 0.678. The van der Waals surface area contributed by atoms with Crippen LogP contribution in [0.1, 0.15) is 22.7 Å². The van der Waals surface area contributed by atoms with Gasteiger partial charge in [0, 0.05) is 48.7 Å². The van der Waals surface area contributed by atoms with Crippen LogP contribution < -0.4 is 5.32 Å². The van der Waals surface area contributed by atoms with E-state index in [2.05, 4.69) is 27.1 Å². The van der Waals surface area contributed by atoms with Crippen molar-refractivity contribution in [2.24, 2.45) is 5.92 Å². The van der Waals surface area contributed by atoms with Crippen LogP contribution in [0.4, 0.5) is 0 Å².